The number of nitrogens with zero attached hydrogens (tertiary/aromatic N) is 3. The largest absolute Gasteiger partial charge is 0.339 e. The topological polar surface area (TPSA) is 82.6 Å². The van der Waals surface area contributed by atoms with E-state index in [1.807, 2.05) is 16.8 Å². The number of hydrogen-bond donors (Lipinski definition) is 1. The molecule has 0 radical (unpaired) electrons. The zero-order chi connectivity index (χ0) is 24.6. The van der Waals surface area contributed by atoms with E-state index in [0.29, 0.717) is 31.5 Å². The Morgan fingerprint density at radius 3 is 2.60 bits per heavy atom. The van der Waals surface area contributed by atoms with Crippen molar-refractivity contribution in [2.45, 2.75) is 24.9 Å². The Hall–Kier alpha value is -3.66. The van der Waals surface area contributed by atoms with Crippen LogP contribution in [0.4, 0.5) is 13.6 Å². The Morgan fingerprint density at radius 2 is 1.94 bits per heavy atom. The van der Waals surface area contributed by atoms with E-state index in [1.54, 1.807) is 29.4 Å². The van der Waals surface area contributed by atoms with Crippen molar-refractivity contribution in [3.63, 3.8) is 0 Å². The predicted octanol–water partition coefficient (Wildman–Crippen LogP) is 3.92. The Labute approximate surface area is 204 Å². The summed E-state index contributed by atoms with van der Waals surface area (Å²) in [4.78, 5) is 46.7. The number of aromatic nitrogens is 1. The minimum atomic E-state index is -1.29. The van der Waals surface area contributed by atoms with E-state index in [2.05, 4.69) is 10.3 Å². The lowest BCUT2D eigenvalue weighted by atomic mass is 9.73. The predicted molar refractivity (Wildman–Crippen MR) is 124 cm³/mol. The Morgan fingerprint density at radius 1 is 1.14 bits per heavy atom. The molecule has 2 fully saturated rings. The second kappa shape index (κ2) is 9.18. The van der Waals surface area contributed by atoms with Gasteiger partial charge in [0.25, 0.3) is 11.8 Å². The van der Waals surface area contributed by atoms with E-state index in [0.717, 1.165) is 17.7 Å². The molecule has 0 spiro atoms. The van der Waals surface area contributed by atoms with E-state index in [-0.39, 0.29) is 23.9 Å². The van der Waals surface area contributed by atoms with Crippen molar-refractivity contribution < 1.29 is 23.2 Å². The number of pyridine rings is 1. The monoisotopic (exact) mass is 496 g/mol. The second-order valence-corrected chi connectivity index (χ2v) is 9.48. The van der Waals surface area contributed by atoms with Crippen molar-refractivity contribution in [3.8, 4) is 0 Å². The summed E-state index contributed by atoms with van der Waals surface area (Å²) in [5.74, 6) is -3.12. The van der Waals surface area contributed by atoms with Crippen molar-refractivity contribution in [1.29, 1.82) is 0 Å². The van der Waals surface area contributed by atoms with Crippen molar-refractivity contribution in [2.75, 3.05) is 13.1 Å². The fourth-order valence-corrected chi connectivity index (χ4v) is 5.59. The SMILES string of the molecule is O=C(c1ccc(F)c(F)c1)N1CCC(C2(c3cccnc3)NC(=O)N(Cc3ccsc3)C2=O)CC1. The van der Waals surface area contributed by atoms with Crippen LogP contribution in [0.3, 0.4) is 0 Å². The van der Waals surface area contributed by atoms with Crippen LogP contribution in [-0.2, 0) is 16.9 Å². The van der Waals surface area contributed by atoms with Crippen LogP contribution in [0, 0.1) is 17.6 Å². The maximum atomic E-state index is 13.8. The Bertz CT molecular complexity index is 1260. The van der Waals surface area contributed by atoms with Gasteiger partial charge in [0, 0.05) is 36.6 Å². The lowest BCUT2D eigenvalue weighted by Gasteiger charge is -2.41. The van der Waals surface area contributed by atoms with E-state index in [9.17, 15) is 23.2 Å². The number of halogens is 2. The number of benzene rings is 1. The number of nitrogens with one attached hydrogen (secondary N) is 1. The van der Waals surface area contributed by atoms with Gasteiger partial charge in [-0.3, -0.25) is 19.5 Å². The van der Waals surface area contributed by atoms with Gasteiger partial charge in [-0.25, -0.2) is 13.6 Å². The quantitative estimate of drug-likeness (QED) is 0.543. The highest BCUT2D eigenvalue weighted by Crippen LogP contribution is 2.41. The molecule has 4 amide bonds. The summed E-state index contributed by atoms with van der Waals surface area (Å²) in [5, 5.41) is 6.75. The minimum Gasteiger partial charge on any atom is -0.339 e. The molecule has 2 aliphatic heterocycles. The van der Waals surface area contributed by atoms with Gasteiger partial charge in [-0.15, -0.1) is 0 Å². The summed E-state index contributed by atoms with van der Waals surface area (Å²) in [7, 11) is 0. The fourth-order valence-electron chi connectivity index (χ4n) is 4.93. The fraction of sp³-hybridized carbons (Fsp3) is 0.280. The first kappa shape index (κ1) is 23.1. The third-order valence-electron chi connectivity index (χ3n) is 6.73. The third kappa shape index (κ3) is 4.07. The molecule has 1 unspecified atom stereocenters. The first-order valence-corrected chi connectivity index (χ1v) is 12.1. The molecule has 1 aromatic carbocycles. The number of urea groups is 1. The number of carbonyl (C=O) groups is 3. The summed E-state index contributed by atoms with van der Waals surface area (Å²) in [6.45, 7) is 0.778. The zero-order valence-corrected chi connectivity index (χ0v) is 19.4. The maximum absolute atomic E-state index is 13.8. The molecular weight excluding hydrogens is 474 g/mol. The highest BCUT2D eigenvalue weighted by molar-refractivity contribution is 7.07. The van der Waals surface area contributed by atoms with E-state index >= 15 is 0 Å². The molecule has 10 heteroatoms. The molecule has 1 N–H and O–H groups in total. The minimum absolute atomic E-state index is 0.0662. The number of piperidine rings is 1. The molecular formula is C25H22F2N4O3S. The summed E-state index contributed by atoms with van der Waals surface area (Å²) >= 11 is 1.49. The van der Waals surface area contributed by atoms with Gasteiger partial charge in [-0.05, 0) is 65.4 Å². The first-order valence-electron chi connectivity index (χ1n) is 11.2. The van der Waals surface area contributed by atoms with Gasteiger partial charge < -0.3 is 10.2 Å². The van der Waals surface area contributed by atoms with Crippen LogP contribution >= 0.6 is 11.3 Å². The van der Waals surface area contributed by atoms with Crippen LogP contribution in [0.5, 0.6) is 0 Å². The standard InChI is InChI=1S/C25H22F2N4O3S/c26-20-4-3-17(12-21(20)27)22(32)30-9-5-18(6-10-30)25(19-2-1-8-28-13-19)23(33)31(24(34)29-25)14-16-7-11-35-15-16/h1-4,7-8,11-13,15,18H,5-6,9-10,14H2,(H,29,34). The average Bonchev–Trinajstić information content (AvgIpc) is 3.49. The molecule has 5 rings (SSSR count). The highest BCUT2D eigenvalue weighted by Gasteiger charge is 2.57. The van der Waals surface area contributed by atoms with Crippen molar-refractivity contribution in [3.05, 3.63) is 87.9 Å². The van der Waals surface area contributed by atoms with Crippen LogP contribution in [0.1, 0.15) is 34.3 Å². The Balaban J connectivity index is 1.39. The zero-order valence-electron chi connectivity index (χ0n) is 18.6. The molecule has 0 bridgehead atoms. The molecule has 180 valence electrons. The molecule has 2 saturated heterocycles. The van der Waals surface area contributed by atoms with Gasteiger partial charge in [-0.2, -0.15) is 11.3 Å². The van der Waals surface area contributed by atoms with Gasteiger partial charge >= 0.3 is 6.03 Å². The normalized spacial score (nSPS) is 20.9. The number of imide groups is 1. The first-order chi connectivity index (χ1) is 16.9. The van der Waals surface area contributed by atoms with Crippen LogP contribution in [0.15, 0.2) is 59.6 Å². The number of thiophene rings is 1. The smallest absolute Gasteiger partial charge is 0.325 e. The van der Waals surface area contributed by atoms with Crippen LogP contribution in [0.2, 0.25) is 0 Å². The lowest BCUT2D eigenvalue weighted by molar-refractivity contribution is -0.134. The van der Waals surface area contributed by atoms with Crippen LogP contribution in [-0.4, -0.2) is 45.7 Å². The van der Waals surface area contributed by atoms with Crippen LogP contribution in [0.25, 0.3) is 0 Å². The molecule has 1 atom stereocenters. The highest BCUT2D eigenvalue weighted by atomic mass is 32.1. The van der Waals surface area contributed by atoms with Gasteiger partial charge in [0.05, 0.1) is 6.54 Å². The van der Waals surface area contributed by atoms with Crippen molar-refractivity contribution >= 4 is 29.2 Å². The molecule has 3 aromatic rings. The third-order valence-corrected chi connectivity index (χ3v) is 7.46. The van der Waals surface area contributed by atoms with Crippen molar-refractivity contribution in [1.82, 2.24) is 20.1 Å². The number of rotatable bonds is 5. The number of likely N-dealkylation sites (tertiary alicyclic amines) is 1. The summed E-state index contributed by atoms with van der Waals surface area (Å²) in [5.41, 5.74) is 0.235. The van der Waals surface area contributed by atoms with E-state index in [1.165, 1.54) is 22.3 Å². The van der Waals surface area contributed by atoms with Crippen molar-refractivity contribution in [2.24, 2.45) is 5.92 Å². The molecule has 7 nitrogen and oxygen atoms in total. The van der Waals surface area contributed by atoms with Gasteiger partial charge in [0.15, 0.2) is 17.2 Å². The van der Waals surface area contributed by atoms with Gasteiger partial charge in [-0.1, -0.05) is 6.07 Å². The number of hydrogen-bond acceptors (Lipinski definition) is 5. The summed E-state index contributed by atoms with van der Waals surface area (Å²) in [6.07, 6.45) is 4.06. The van der Waals surface area contributed by atoms with Gasteiger partial charge in [0.2, 0.25) is 0 Å². The van der Waals surface area contributed by atoms with Gasteiger partial charge in [0.1, 0.15) is 0 Å². The molecule has 2 aromatic heterocycles. The molecule has 4 heterocycles. The summed E-state index contributed by atoms with van der Waals surface area (Å²) < 4.78 is 26.9. The molecule has 0 saturated carbocycles. The number of amides is 4. The molecule has 2 aliphatic rings. The van der Waals surface area contributed by atoms with E-state index in [4.69, 9.17) is 0 Å². The lowest BCUT2D eigenvalue weighted by Crippen LogP contribution is -2.54. The van der Waals surface area contributed by atoms with Crippen LogP contribution < -0.4 is 5.32 Å². The van der Waals surface area contributed by atoms with E-state index < -0.39 is 29.1 Å². The average molecular weight is 497 g/mol. The second-order valence-electron chi connectivity index (χ2n) is 8.70. The Kier molecular flexibility index (Phi) is 6.06. The maximum Gasteiger partial charge on any atom is 0.325 e. The summed E-state index contributed by atoms with van der Waals surface area (Å²) in [6, 6.07) is 7.99. The molecule has 35 heavy (non-hydrogen) atoms. The molecule has 0 aliphatic carbocycles. The number of carbonyl (C=O) groups excluding carboxylic acids is 3.